The molecule has 158 valence electrons. The topological polar surface area (TPSA) is 52.7 Å². The second-order valence-electron chi connectivity index (χ2n) is 8.48. The fourth-order valence-electron chi connectivity index (χ4n) is 4.58. The maximum atomic E-state index is 12.5. The summed E-state index contributed by atoms with van der Waals surface area (Å²) in [6.07, 6.45) is 4.46. The van der Waals surface area contributed by atoms with E-state index in [0.29, 0.717) is 18.2 Å². The zero-order valence-electron chi connectivity index (χ0n) is 18.0. The quantitative estimate of drug-likeness (QED) is 0.794. The van der Waals surface area contributed by atoms with Crippen molar-refractivity contribution >= 4 is 17.5 Å². The molecule has 0 aliphatic carbocycles. The van der Waals surface area contributed by atoms with Crippen molar-refractivity contribution in [2.45, 2.75) is 45.6 Å². The van der Waals surface area contributed by atoms with Crippen LogP contribution in [-0.4, -0.2) is 48.9 Å². The Labute approximate surface area is 179 Å². The van der Waals surface area contributed by atoms with Crippen molar-refractivity contribution in [1.82, 2.24) is 10.2 Å². The van der Waals surface area contributed by atoms with Gasteiger partial charge in [0.15, 0.2) is 0 Å². The number of hydrogen-bond donors (Lipinski definition) is 1. The van der Waals surface area contributed by atoms with Crippen LogP contribution in [0.3, 0.4) is 0 Å². The van der Waals surface area contributed by atoms with Gasteiger partial charge < -0.3 is 15.1 Å². The highest BCUT2D eigenvalue weighted by atomic mass is 16.2. The van der Waals surface area contributed by atoms with Crippen molar-refractivity contribution in [2.24, 2.45) is 0 Å². The predicted molar refractivity (Wildman–Crippen MR) is 121 cm³/mol. The van der Waals surface area contributed by atoms with Gasteiger partial charge in [-0.1, -0.05) is 18.2 Å². The summed E-state index contributed by atoms with van der Waals surface area (Å²) in [5.74, 6) is 0.0768. The van der Waals surface area contributed by atoms with E-state index in [-0.39, 0.29) is 11.8 Å². The van der Waals surface area contributed by atoms with Gasteiger partial charge >= 0.3 is 0 Å². The van der Waals surface area contributed by atoms with Crippen LogP contribution in [0.2, 0.25) is 0 Å². The molecule has 0 aromatic heterocycles. The van der Waals surface area contributed by atoms with E-state index in [0.717, 1.165) is 36.2 Å². The second kappa shape index (κ2) is 9.00. The molecule has 0 radical (unpaired) electrons. The van der Waals surface area contributed by atoms with Crippen molar-refractivity contribution < 1.29 is 9.59 Å². The number of rotatable bonds is 6. The molecule has 4 rings (SSSR count). The number of fused-ring (bicyclic) bond motifs is 1. The number of carbonyl (C=O) groups is 2. The maximum absolute atomic E-state index is 12.5. The number of nitrogens with one attached hydrogen (secondary N) is 1. The first-order valence-corrected chi connectivity index (χ1v) is 11.1. The lowest BCUT2D eigenvalue weighted by Gasteiger charge is -2.23. The Kier molecular flexibility index (Phi) is 6.18. The molecule has 2 aromatic carbocycles. The number of hydrogen-bond acceptors (Lipinski definition) is 3. The average molecular weight is 406 g/mol. The third-order valence-electron chi connectivity index (χ3n) is 6.45. The lowest BCUT2D eigenvalue weighted by atomic mass is 10.0. The number of benzene rings is 2. The van der Waals surface area contributed by atoms with E-state index in [9.17, 15) is 9.59 Å². The molecule has 1 saturated heterocycles. The summed E-state index contributed by atoms with van der Waals surface area (Å²) in [7, 11) is 0. The first-order valence-electron chi connectivity index (χ1n) is 11.1. The fourth-order valence-corrected chi connectivity index (χ4v) is 4.58. The molecule has 5 heteroatoms. The number of likely N-dealkylation sites (tertiary alicyclic amines) is 1. The van der Waals surface area contributed by atoms with Crippen LogP contribution in [-0.2, 0) is 11.2 Å². The Morgan fingerprint density at radius 2 is 1.70 bits per heavy atom. The van der Waals surface area contributed by atoms with E-state index in [4.69, 9.17) is 0 Å². The van der Waals surface area contributed by atoms with Crippen molar-refractivity contribution in [3.63, 3.8) is 0 Å². The first-order chi connectivity index (χ1) is 14.5. The third-order valence-corrected chi connectivity index (χ3v) is 6.45. The van der Waals surface area contributed by atoms with Gasteiger partial charge in [0.1, 0.15) is 0 Å². The minimum atomic E-state index is -0.0128. The van der Waals surface area contributed by atoms with Gasteiger partial charge in [0.05, 0.1) is 0 Å². The Balaban J connectivity index is 1.35. The van der Waals surface area contributed by atoms with Crippen LogP contribution in [0.15, 0.2) is 42.5 Å². The molecule has 2 aliphatic heterocycles. The molecule has 0 unspecified atom stereocenters. The maximum Gasteiger partial charge on any atom is 0.251 e. The van der Waals surface area contributed by atoms with Gasteiger partial charge in [-0.05, 0) is 86.7 Å². The number of carbonyl (C=O) groups excluding carboxylic acids is 2. The fraction of sp³-hybridized carbons (Fsp3) is 0.440. The highest BCUT2D eigenvalue weighted by Gasteiger charge is 2.22. The molecule has 2 aliphatic rings. The van der Waals surface area contributed by atoms with E-state index in [1.54, 1.807) is 6.92 Å². The number of nitrogens with zero attached hydrogens (tertiary/aromatic N) is 2. The van der Waals surface area contributed by atoms with Crippen molar-refractivity contribution in [3.05, 3.63) is 53.6 Å². The Bertz CT molecular complexity index is 916. The number of amides is 2. The van der Waals surface area contributed by atoms with E-state index in [2.05, 4.69) is 29.3 Å². The summed E-state index contributed by atoms with van der Waals surface area (Å²) in [5, 5.41) is 3.06. The van der Waals surface area contributed by atoms with Crippen molar-refractivity contribution in [2.75, 3.05) is 31.1 Å². The molecule has 2 amide bonds. The largest absolute Gasteiger partial charge is 0.352 e. The van der Waals surface area contributed by atoms with Crippen LogP contribution in [0.5, 0.6) is 0 Å². The molecule has 0 bridgehead atoms. The molecule has 1 fully saturated rings. The monoisotopic (exact) mass is 405 g/mol. The molecular weight excluding hydrogens is 374 g/mol. The molecule has 1 atom stereocenters. The van der Waals surface area contributed by atoms with Crippen LogP contribution in [0.4, 0.5) is 5.69 Å². The Morgan fingerprint density at radius 1 is 1.00 bits per heavy atom. The molecule has 0 spiro atoms. The van der Waals surface area contributed by atoms with Gasteiger partial charge in [-0.2, -0.15) is 0 Å². The standard InChI is InChI=1S/C25H31N3O2/c1-18(27-14-3-4-15-27)11-13-26-25(30)21-7-5-20(6-8-21)22-9-10-24-23(17-22)12-16-28(24)19(2)29/h5-10,17-18H,3-4,11-16H2,1-2H3,(H,26,30)/t18-/m0/s1. The van der Waals surface area contributed by atoms with Gasteiger partial charge in [0, 0.05) is 37.3 Å². The Morgan fingerprint density at radius 3 is 2.40 bits per heavy atom. The molecule has 1 N–H and O–H groups in total. The highest BCUT2D eigenvalue weighted by Crippen LogP contribution is 2.32. The lowest BCUT2D eigenvalue weighted by molar-refractivity contribution is -0.116. The summed E-state index contributed by atoms with van der Waals surface area (Å²) in [5.41, 5.74) is 5.11. The van der Waals surface area contributed by atoms with Gasteiger partial charge in [-0.25, -0.2) is 0 Å². The highest BCUT2D eigenvalue weighted by molar-refractivity contribution is 5.95. The average Bonchev–Trinajstić information content (AvgIpc) is 3.43. The molecular formula is C25H31N3O2. The van der Waals surface area contributed by atoms with Crippen LogP contribution in [0.1, 0.15) is 49.0 Å². The lowest BCUT2D eigenvalue weighted by Crippen LogP contribution is -2.34. The van der Waals surface area contributed by atoms with Crippen LogP contribution in [0, 0.1) is 0 Å². The molecule has 2 heterocycles. The SMILES string of the molecule is CC(=O)N1CCc2cc(-c3ccc(C(=O)NCC[C@H](C)N4CCCC4)cc3)ccc21. The van der Waals surface area contributed by atoms with E-state index >= 15 is 0 Å². The van der Waals surface area contributed by atoms with E-state index < -0.39 is 0 Å². The first kappa shape index (κ1) is 20.6. The van der Waals surface area contributed by atoms with Gasteiger partial charge in [0.2, 0.25) is 5.91 Å². The van der Waals surface area contributed by atoms with Crippen LogP contribution in [0.25, 0.3) is 11.1 Å². The van der Waals surface area contributed by atoms with Gasteiger partial charge in [-0.15, -0.1) is 0 Å². The van der Waals surface area contributed by atoms with Crippen LogP contribution >= 0.6 is 0 Å². The van der Waals surface area contributed by atoms with Crippen molar-refractivity contribution in [3.8, 4) is 11.1 Å². The molecule has 2 aromatic rings. The minimum absolute atomic E-state index is 0.0128. The van der Waals surface area contributed by atoms with Crippen molar-refractivity contribution in [1.29, 1.82) is 0 Å². The van der Waals surface area contributed by atoms with Crippen LogP contribution < -0.4 is 10.2 Å². The minimum Gasteiger partial charge on any atom is -0.352 e. The van der Waals surface area contributed by atoms with Gasteiger partial charge in [0.25, 0.3) is 5.91 Å². The Hall–Kier alpha value is -2.66. The zero-order chi connectivity index (χ0) is 21.1. The predicted octanol–water partition coefficient (Wildman–Crippen LogP) is 3.87. The number of anilines is 1. The smallest absolute Gasteiger partial charge is 0.251 e. The summed E-state index contributed by atoms with van der Waals surface area (Å²) >= 11 is 0. The summed E-state index contributed by atoms with van der Waals surface area (Å²) in [4.78, 5) is 28.6. The van der Waals surface area contributed by atoms with E-state index in [1.807, 2.05) is 35.2 Å². The normalized spacial score (nSPS) is 17.1. The second-order valence-corrected chi connectivity index (χ2v) is 8.48. The summed E-state index contributed by atoms with van der Waals surface area (Å²) in [6, 6.07) is 14.5. The summed E-state index contributed by atoms with van der Waals surface area (Å²) < 4.78 is 0. The molecule has 5 nitrogen and oxygen atoms in total. The molecule has 30 heavy (non-hydrogen) atoms. The summed E-state index contributed by atoms with van der Waals surface area (Å²) in [6.45, 7) is 7.69. The van der Waals surface area contributed by atoms with E-state index in [1.165, 1.54) is 31.5 Å². The molecule has 0 saturated carbocycles. The third kappa shape index (κ3) is 4.41. The van der Waals surface area contributed by atoms with Gasteiger partial charge in [-0.3, -0.25) is 9.59 Å². The zero-order valence-corrected chi connectivity index (χ0v) is 18.0.